The van der Waals surface area contributed by atoms with E-state index >= 15 is 0 Å². The number of halogens is 7. The third-order valence-corrected chi connectivity index (χ3v) is 2.79. The molecule has 0 spiro atoms. The molecule has 2 rings (SSSR count). The predicted molar refractivity (Wildman–Crippen MR) is 73.2 cm³/mol. The van der Waals surface area contributed by atoms with Crippen LogP contribution in [0.2, 0.25) is 0 Å². The molecule has 12 heteroatoms. The van der Waals surface area contributed by atoms with E-state index in [1.807, 2.05) is 0 Å². The second-order valence-electron chi connectivity index (χ2n) is 4.73. The Kier molecular flexibility index (Phi) is 5.38. The summed E-state index contributed by atoms with van der Waals surface area (Å²) in [5.41, 5.74) is -1.26. The Hall–Kier alpha value is -3.18. The highest BCUT2D eigenvalue weighted by Crippen LogP contribution is 2.35. The summed E-state index contributed by atoms with van der Waals surface area (Å²) in [5, 5.41) is 9.02. The number of hydrogen-bond donors (Lipinski definition) is 1. The Morgan fingerprint density at radius 1 is 0.778 bits per heavy atom. The Labute approximate surface area is 145 Å². The maximum Gasteiger partial charge on any atom is 0.573 e. The normalized spacial score (nSPS) is 11.8. The van der Waals surface area contributed by atoms with Crippen molar-refractivity contribution in [3.05, 3.63) is 47.8 Å². The van der Waals surface area contributed by atoms with Crippen LogP contribution in [-0.2, 0) is 0 Å². The van der Waals surface area contributed by atoms with Crippen molar-refractivity contribution in [1.82, 2.24) is 0 Å². The van der Waals surface area contributed by atoms with E-state index in [9.17, 15) is 35.5 Å². The van der Waals surface area contributed by atoms with Crippen LogP contribution in [0.5, 0.6) is 23.0 Å². The van der Waals surface area contributed by atoms with E-state index in [1.165, 1.54) is 0 Å². The zero-order valence-electron chi connectivity index (χ0n) is 12.7. The lowest BCUT2D eigenvalue weighted by Crippen LogP contribution is -2.19. The van der Waals surface area contributed by atoms with E-state index in [-0.39, 0.29) is 5.75 Å². The average molecular weight is 400 g/mol. The maximum absolute atomic E-state index is 14.0. The molecular formula is C15H7F7O5. The van der Waals surface area contributed by atoms with Gasteiger partial charge >= 0.3 is 18.7 Å². The second kappa shape index (κ2) is 7.21. The first kappa shape index (κ1) is 20.1. The molecule has 0 aromatic heterocycles. The lowest BCUT2D eigenvalue weighted by atomic mass is 10.1. The minimum atomic E-state index is -5.26. The van der Waals surface area contributed by atoms with Gasteiger partial charge in [0.1, 0.15) is 22.8 Å². The van der Waals surface area contributed by atoms with Crippen molar-refractivity contribution in [2.24, 2.45) is 0 Å². The molecule has 0 fully saturated rings. The molecule has 0 heterocycles. The second-order valence-corrected chi connectivity index (χ2v) is 4.73. The summed E-state index contributed by atoms with van der Waals surface area (Å²) in [7, 11) is 0. The summed E-state index contributed by atoms with van der Waals surface area (Å²) in [4.78, 5) is 11.2. The molecule has 0 aliphatic rings. The van der Waals surface area contributed by atoms with Crippen molar-refractivity contribution in [3.8, 4) is 23.0 Å². The van der Waals surface area contributed by atoms with Crippen LogP contribution in [0.25, 0.3) is 0 Å². The number of carboxylic acids is 1. The molecule has 146 valence electrons. The van der Waals surface area contributed by atoms with Crippen LogP contribution in [0, 0.1) is 5.82 Å². The van der Waals surface area contributed by atoms with E-state index in [1.54, 1.807) is 0 Å². The lowest BCUT2D eigenvalue weighted by molar-refractivity contribution is -0.276. The van der Waals surface area contributed by atoms with Gasteiger partial charge in [-0.2, -0.15) is 0 Å². The van der Waals surface area contributed by atoms with E-state index in [0.717, 1.165) is 24.3 Å². The van der Waals surface area contributed by atoms with E-state index in [4.69, 9.17) is 9.84 Å². The third-order valence-electron chi connectivity index (χ3n) is 2.79. The van der Waals surface area contributed by atoms with Gasteiger partial charge in [-0.25, -0.2) is 9.18 Å². The van der Waals surface area contributed by atoms with Crippen LogP contribution in [0.1, 0.15) is 10.4 Å². The molecule has 0 amide bonds. The summed E-state index contributed by atoms with van der Waals surface area (Å²) in [6.45, 7) is 0. The predicted octanol–water partition coefficient (Wildman–Crippen LogP) is 5.11. The van der Waals surface area contributed by atoms with Crippen molar-refractivity contribution in [1.29, 1.82) is 0 Å². The summed E-state index contributed by atoms with van der Waals surface area (Å²) in [6, 6.07) is 4.76. The Morgan fingerprint density at radius 2 is 1.26 bits per heavy atom. The number of alkyl halides is 6. The van der Waals surface area contributed by atoms with Crippen molar-refractivity contribution in [2.45, 2.75) is 12.7 Å². The topological polar surface area (TPSA) is 65.0 Å². The molecule has 0 unspecified atom stereocenters. The van der Waals surface area contributed by atoms with Gasteiger partial charge in [-0.3, -0.25) is 0 Å². The number of hydrogen-bond acceptors (Lipinski definition) is 4. The number of aromatic carboxylic acids is 1. The van der Waals surface area contributed by atoms with Crippen LogP contribution >= 0.6 is 0 Å². The van der Waals surface area contributed by atoms with Crippen LogP contribution in [-0.4, -0.2) is 23.8 Å². The van der Waals surface area contributed by atoms with Gasteiger partial charge in [-0.05, 0) is 36.4 Å². The number of benzene rings is 2. The van der Waals surface area contributed by atoms with Gasteiger partial charge in [-0.1, -0.05) is 0 Å². The Morgan fingerprint density at radius 3 is 1.74 bits per heavy atom. The molecule has 0 aliphatic heterocycles. The van der Waals surface area contributed by atoms with Crippen molar-refractivity contribution in [2.75, 3.05) is 0 Å². The highest BCUT2D eigenvalue weighted by atomic mass is 19.4. The summed E-state index contributed by atoms with van der Waals surface area (Å²) in [6.07, 6.45) is -10.2. The molecule has 1 N–H and O–H groups in total. The van der Waals surface area contributed by atoms with Crippen molar-refractivity contribution < 1.29 is 54.8 Å². The minimum Gasteiger partial charge on any atom is -0.477 e. The average Bonchev–Trinajstić information content (AvgIpc) is 2.49. The van der Waals surface area contributed by atoms with Gasteiger partial charge in [0.15, 0.2) is 11.6 Å². The Bertz CT molecular complexity index is 828. The number of rotatable bonds is 5. The molecule has 2 aromatic carbocycles. The zero-order valence-corrected chi connectivity index (χ0v) is 12.7. The monoisotopic (exact) mass is 400 g/mol. The van der Waals surface area contributed by atoms with E-state index in [0.29, 0.717) is 12.1 Å². The van der Waals surface area contributed by atoms with Gasteiger partial charge in [0.2, 0.25) is 0 Å². The quantitative estimate of drug-likeness (QED) is 0.707. The van der Waals surface area contributed by atoms with Gasteiger partial charge < -0.3 is 19.3 Å². The first-order valence-corrected chi connectivity index (χ1v) is 6.71. The molecule has 27 heavy (non-hydrogen) atoms. The molecule has 0 radical (unpaired) electrons. The van der Waals surface area contributed by atoms with Crippen LogP contribution in [0.3, 0.4) is 0 Å². The fourth-order valence-corrected chi connectivity index (χ4v) is 1.86. The lowest BCUT2D eigenvalue weighted by Gasteiger charge is -2.14. The first-order valence-electron chi connectivity index (χ1n) is 6.71. The van der Waals surface area contributed by atoms with Crippen molar-refractivity contribution in [3.63, 3.8) is 0 Å². The first-order chi connectivity index (χ1) is 12.4. The zero-order chi connectivity index (χ0) is 20.4. The standard InChI is InChI=1S/C15H7F7O5/c16-12-10(27-15(20,21)22)6-5-9(11(12)13(23)24)25-7-1-3-8(4-2-7)26-14(17,18)19/h1-6H,(H,23,24). The summed E-state index contributed by atoms with van der Waals surface area (Å²) in [5.74, 6) is -6.70. The molecule has 0 saturated carbocycles. The molecule has 0 saturated heterocycles. The van der Waals surface area contributed by atoms with Gasteiger partial charge in [0.05, 0.1) is 0 Å². The van der Waals surface area contributed by atoms with Crippen LogP contribution in [0.15, 0.2) is 36.4 Å². The van der Waals surface area contributed by atoms with Crippen LogP contribution in [0.4, 0.5) is 30.7 Å². The van der Waals surface area contributed by atoms with Gasteiger partial charge in [0.25, 0.3) is 0 Å². The summed E-state index contributed by atoms with van der Waals surface area (Å²) < 4.78 is 98.9. The molecule has 0 atom stereocenters. The van der Waals surface area contributed by atoms with Crippen LogP contribution < -0.4 is 14.2 Å². The molecule has 0 bridgehead atoms. The number of ether oxygens (including phenoxy) is 3. The summed E-state index contributed by atoms with van der Waals surface area (Å²) >= 11 is 0. The fourth-order valence-electron chi connectivity index (χ4n) is 1.86. The van der Waals surface area contributed by atoms with E-state index < -0.39 is 47.3 Å². The maximum atomic E-state index is 14.0. The number of carbonyl (C=O) groups is 1. The highest BCUT2D eigenvalue weighted by molar-refractivity contribution is 5.92. The highest BCUT2D eigenvalue weighted by Gasteiger charge is 2.34. The molecule has 5 nitrogen and oxygen atoms in total. The van der Waals surface area contributed by atoms with E-state index in [2.05, 4.69) is 9.47 Å². The fraction of sp³-hybridized carbons (Fsp3) is 0.133. The SMILES string of the molecule is O=C(O)c1c(Oc2ccc(OC(F)(F)F)cc2)ccc(OC(F)(F)F)c1F. The van der Waals surface area contributed by atoms with Crippen molar-refractivity contribution >= 4 is 5.97 Å². The third kappa shape index (κ3) is 5.66. The number of carboxylic acid groups (broad SMARTS) is 1. The minimum absolute atomic E-state index is 0.226. The van der Waals surface area contributed by atoms with Gasteiger partial charge in [0, 0.05) is 0 Å². The largest absolute Gasteiger partial charge is 0.573 e. The van der Waals surface area contributed by atoms with Gasteiger partial charge in [-0.15, -0.1) is 26.3 Å². The molecular weight excluding hydrogens is 393 g/mol. The molecule has 2 aromatic rings. The Balaban J connectivity index is 2.30. The molecule has 0 aliphatic carbocycles. The smallest absolute Gasteiger partial charge is 0.477 e.